The van der Waals surface area contributed by atoms with Crippen LogP contribution < -0.4 is 10.5 Å². The second-order valence-electron chi connectivity index (χ2n) is 4.57. The molecule has 2 N–H and O–H groups in total. The lowest BCUT2D eigenvalue weighted by atomic mass is 9.94. The summed E-state index contributed by atoms with van der Waals surface area (Å²) in [7, 11) is 1.59. The number of nitrogens with zero attached hydrogens (tertiary/aromatic N) is 1. The SMILES string of the molecule is COc1cc(C)cc(C)c1C(N)c1ccncc1F. The number of aromatic nitrogens is 1. The molecule has 1 unspecified atom stereocenters. The topological polar surface area (TPSA) is 48.1 Å². The average molecular weight is 260 g/mol. The van der Waals surface area contributed by atoms with E-state index in [2.05, 4.69) is 4.98 Å². The van der Waals surface area contributed by atoms with Crippen LogP contribution in [0.25, 0.3) is 0 Å². The van der Waals surface area contributed by atoms with Gasteiger partial charge in [0.25, 0.3) is 0 Å². The summed E-state index contributed by atoms with van der Waals surface area (Å²) in [6, 6.07) is 4.94. The van der Waals surface area contributed by atoms with Gasteiger partial charge in [-0.15, -0.1) is 0 Å². The Kier molecular flexibility index (Phi) is 3.81. The molecule has 0 saturated heterocycles. The standard InChI is InChI=1S/C15H17FN2O/c1-9-6-10(2)14(13(7-9)19-3)15(17)11-4-5-18-8-12(11)16/h4-8,15H,17H2,1-3H3. The Morgan fingerprint density at radius 3 is 2.68 bits per heavy atom. The number of hydrogen-bond acceptors (Lipinski definition) is 3. The fourth-order valence-electron chi connectivity index (χ4n) is 2.30. The largest absolute Gasteiger partial charge is 0.496 e. The van der Waals surface area contributed by atoms with Crippen LogP contribution in [-0.2, 0) is 0 Å². The number of benzene rings is 1. The predicted octanol–water partition coefficient (Wildman–Crippen LogP) is 2.89. The number of pyridine rings is 1. The second-order valence-corrected chi connectivity index (χ2v) is 4.57. The zero-order valence-corrected chi connectivity index (χ0v) is 11.3. The summed E-state index contributed by atoms with van der Waals surface area (Å²) >= 11 is 0. The molecule has 0 aliphatic rings. The van der Waals surface area contributed by atoms with E-state index in [1.807, 2.05) is 26.0 Å². The van der Waals surface area contributed by atoms with Crippen molar-refractivity contribution in [1.29, 1.82) is 0 Å². The Hall–Kier alpha value is -1.94. The first kappa shape index (κ1) is 13.5. The third kappa shape index (κ3) is 2.58. The summed E-state index contributed by atoms with van der Waals surface area (Å²) in [5.74, 6) is 0.276. The van der Waals surface area contributed by atoms with Gasteiger partial charge in [0.2, 0.25) is 0 Å². The van der Waals surface area contributed by atoms with E-state index in [0.717, 1.165) is 16.7 Å². The highest BCUT2D eigenvalue weighted by Crippen LogP contribution is 2.33. The number of aryl methyl sites for hydroxylation is 2. The van der Waals surface area contributed by atoms with Crippen LogP contribution in [0, 0.1) is 19.7 Å². The van der Waals surface area contributed by atoms with Gasteiger partial charge in [0, 0.05) is 17.3 Å². The van der Waals surface area contributed by atoms with Gasteiger partial charge < -0.3 is 10.5 Å². The number of nitrogens with two attached hydrogens (primary N) is 1. The fourth-order valence-corrected chi connectivity index (χ4v) is 2.30. The van der Waals surface area contributed by atoms with Crippen LogP contribution in [0.5, 0.6) is 5.75 Å². The molecule has 2 aromatic rings. The molecule has 0 amide bonds. The summed E-state index contributed by atoms with van der Waals surface area (Å²) < 4.78 is 19.2. The summed E-state index contributed by atoms with van der Waals surface area (Å²) in [6.45, 7) is 3.93. The lowest BCUT2D eigenvalue weighted by Crippen LogP contribution is -2.16. The monoisotopic (exact) mass is 260 g/mol. The van der Waals surface area contributed by atoms with E-state index in [4.69, 9.17) is 10.5 Å². The summed E-state index contributed by atoms with van der Waals surface area (Å²) in [4.78, 5) is 3.74. The highest BCUT2D eigenvalue weighted by Gasteiger charge is 2.19. The van der Waals surface area contributed by atoms with Crippen molar-refractivity contribution < 1.29 is 9.13 Å². The molecular weight excluding hydrogens is 243 g/mol. The van der Waals surface area contributed by atoms with E-state index in [-0.39, 0.29) is 0 Å². The van der Waals surface area contributed by atoms with Gasteiger partial charge >= 0.3 is 0 Å². The Morgan fingerprint density at radius 1 is 1.32 bits per heavy atom. The molecule has 1 aromatic carbocycles. The molecule has 0 spiro atoms. The molecule has 3 nitrogen and oxygen atoms in total. The first-order valence-electron chi connectivity index (χ1n) is 6.04. The van der Waals surface area contributed by atoms with E-state index in [0.29, 0.717) is 11.3 Å². The van der Waals surface area contributed by atoms with Crippen LogP contribution in [0.2, 0.25) is 0 Å². The normalized spacial score (nSPS) is 12.3. The molecule has 0 fully saturated rings. The molecule has 1 heterocycles. The number of methoxy groups -OCH3 is 1. The van der Waals surface area contributed by atoms with Crippen molar-refractivity contribution in [3.8, 4) is 5.75 Å². The predicted molar refractivity (Wildman–Crippen MR) is 72.7 cm³/mol. The molecule has 19 heavy (non-hydrogen) atoms. The van der Waals surface area contributed by atoms with Gasteiger partial charge in [0.05, 0.1) is 19.3 Å². The quantitative estimate of drug-likeness (QED) is 0.923. The van der Waals surface area contributed by atoms with E-state index in [1.54, 1.807) is 13.2 Å². The highest BCUT2D eigenvalue weighted by molar-refractivity contribution is 5.48. The molecular formula is C15H17FN2O. The first-order chi connectivity index (χ1) is 9.04. The van der Waals surface area contributed by atoms with Crippen molar-refractivity contribution in [3.63, 3.8) is 0 Å². The molecule has 0 radical (unpaired) electrons. The van der Waals surface area contributed by atoms with Crippen molar-refractivity contribution in [1.82, 2.24) is 4.98 Å². The van der Waals surface area contributed by atoms with Gasteiger partial charge in [-0.25, -0.2) is 4.39 Å². The Bertz CT molecular complexity index is 599. The van der Waals surface area contributed by atoms with Crippen LogP contribution in [0.4, 0.5) is 4.39 Å². The summed E-state index contributed by atoms with van der Waals surface area (Å²) in [5.41, 5.74) is 9.49. The van der Waals surface area contributed by atoms with Crippen LogP contribution in [0.15, 0.2) is 30.6 Å². The Labute approximate surface area is 112 Å². The van der Waals surface area contributed by atoms with Crippen molar-refractivity contribution in [2.75, 3.05) is 7.11 Å². The van der Waals surface area contributed by atoms with Gasteiger partial charge in [-0.2, -0.15) is 0 Å². The third-order valence-corrected chi connectivity index (χ3v) is 3.16. The van der Waals surface area contributed by atoms with Gasteiger partial charge in [-0.1, -0.05) is 6.07 Å². The van der Waals surface area contributed by atoms with Crippen LogP contribution in [-0.4, -0.2) is 12.1 Å². The summed E-state index contributed by atoms with van der Waals surface area (Å²) in [6.07, 6.45) is 2.71. The van der Waals surface area contributed by atoms with Gasteiger partial charge in [0.1, 0.15) is 11.6 Å². The summed E-state index contributed by atoms with van der Waals surface area (Å²) in [5, 5.41) is 0. The van der Waals surface area contributed by atoms with E-state index in [1.165, 1.54) is 12.4 Å². The molecule has 0 aliphatic carbocycles. The highest BCUT2D eigenvalue weighted by atomic mass is 19.1. The van der Waals surface area contributed by atoms with E-state index < -0.39 is 11.9 Å². The minimum atomic E-state index is -0.571. The molecule has 0 saturated carbocycles. The number of halogens is 1. The van der Waals surface area contributed by atoms with Crippen molar-refractivity contribution >= 4 is 0 Å². The van der Waals surface area contributed by atoms with Crippen LogP contribution in [0.1, 0.15) is 28.3 Å². The first-order valence-corrected chi connectivity index (χ1v) is 6.04. The molecule has 0 bridgehead atoms. The molecule has 2 rings (SSSR count). The molecule has 1 aromatic heterocycles. The van der Waals surface area contributed by atoms with E-state index >= 15 is 0 Å². The van der Waals surface area contributed by atoms with Crippen molar-refractivity contribution in [3.05, 3.63) is 58.7 Å². The van der Waals surface area contributed by atoms with Crippen LogP contribution in [0.3, 0.4) is 0 Å². The molecule has 1 atom stereocenters. The molecule has 4 heteroatoms. The molecule has 0 aliphatic heterocycles. The average Bonchev–Trinajstić information content (AvgIpc) is 2.37. The minimum Gasteiger partial charge on any atom is -0.496 e. The van der Waals surface area contributed by atoms with E-state index in [9.17, 15) is 4.39 Å². The third-order valence-electron chi connectivity index (χ3n) is 3.16. The lowest BCUT2D eigenvalue weighted by Gasteiger charge is -2.19. The van der Waals surface area contributed by atoms with Crippen LogP contribution >= 0.6 is 0 Å². The van der Waals surface area contributed by atoms with Gasteiger partial charge in [-0.3, -0.25) is 4.98 Å². The van der Waals surface area contributed by atoms with Gasteiger partial charge in [0.15, 0.2) is 0 Å². The fraction of sp³-hybridized carbons (Fsp3) is 0.267. The Balaban J connectivity index is 2.56. The number of ether oxygens (including phenoxy) is 1. The maximum Gasteiger partial charge on any atom is 0.146 e. The zero-order valence-electron chi connectivity index (χ0n) is 11.3. The second kappa shape index (κ2) is 5.36. The van der Waals surface area contributed by atoms with Crippen molar-refractivity contribution in [2.45, 2.75) is 19.9 Å². The maximum atomic E-state index is 13.8. The smallest absolute Gasteiger partial charge is 0.146 e. The Morgan fingerprint density at radius 2 is 2.05 bits per heavy atom. The maximum absolute atomic E-state index is 13.8. The zero-order chi connectivity index (χ0) is 14.0. The number of hydrogen-bond donors (Lipinski definition) is 1. The van der Waals surface area contributed by atoms with Crippen molar-refractivity contribution in [2.24, 2.45) is 5.73 Å². The lowest BCUT2D eigenvalue weighted by molar-refractivity contribution is 0.406. The number of rotatable bonds is 3. The minimum absolute atomic E-state index is 0.406. The molecule has 100 valence electrons. The van der Waals surface area contributed by atoms with Gasteiger partial charge in [-0.05, 0) is 37.1 Å².